The molecule has 1 aromatic carbocycles. The third kappa shape index (κ3) is 3.68. The summed E-state index contributed by atoms with van der Waals surface area (Å²) in [5, 5.41) is 11.5. The van der Waals surface area contributed by atoms with Crippen LogP contribution in [0.25, 0.3) is 0 Å². The number of alkyl halides is 1. The molecule has 6 heteroatoms. The Morgan fingerprint density at radius 1 is 1.44 bits per heavy atom. The highest BCUT2D eigenvalue weighted by Gasteiger charge is 2.21. The quantitative estimate of drug-likeness (QED) is 0.255. The smallest absolute Gasteiger partial charge is 0.311 e. The minimum absolute atomic E-state index is 0.0327. The van der Waals surface area contributed by atoms with Gasteiger partial charge in [0, 0.05) is 11.4 Å². The van der Waals surface area contributed by atoms with E-state index in [1.807, 2.05) is 0 Å². The van der Waals surface area contributed by atoms with E-state index >= 15 is 0 Å². The summed E-state index contributed by atoms with van der Waals surface area (Å²) >= 11 is 3.31. The maximum Gasteiger partial charge on any atom is 0.311 e. The fraction of sp³-hybridized carbons (Fsp3) is 0.500. The molecule has 5 nitrogen and oxygen atoms in total. The first kappa shape index (κ1) is 13.3. The first-order chi connectivity index (χ1) is 8.70. The van der Waals surface area contributed by atoms with Crippen molar-refractivity contribution in [2.45, 2.75) is 18.2 Å². The summed E-state index contributed by atoms with van der Waals surface area (Å²) in [6.07, 6.45) is 2.42. The first-order valence-electron chi connectivity index (χ1n) is 5.74. The van der Waals surface area contributed by atoms with E-state index in [4.69, 9.17) is 9.47 Å². The fourth-order valence-electron chi connectivity index (χ4n) is 1.51. The summed E-state index contributed by atoms with van der Waals surface area (Å²) in [5.41, 5.74) is 0.896. The Bertz CT molecular complexity index is 434. The van der Waals surface area contributed by atoms with Crippen molar-refractivity contribution in [3.05, 3.63) is 33.9 Å². The van der Waals surface area contributed by atoms with Crippen molar-refractivity contribution in [1.82, 2.24) is 0 Å². The number of hydrogen-bond donors (Lipinski definition) is 0. The Balaban J connectivity index is 1.95. The van der Waals surface area contributed by atoms with Crippen LogP contribution in [0.3, 0.4) is 0 Å². The Hall–Kier alpha value is -1.14. The molecule has 0 bridgehead atoms. The van der Waals surface area contributed by atoms with Crippen LogP contribution < -0.4 is 4.74 Å². The van der Waals surface area contributed by atoms with Crippen LogP contribution >= 0.6 is 15.9 Å². The lowest BCUT2D eigenvalue weighted by molar-refractivity contribution is -0.386. The molecule has 1 aromatic rings. The summed E-state index contributed by atoms with van der Waals surface area (Å²) in [6, 6.07) is 4.81. The Kier molecular flexibility index (Phi) is 4.54. The third-order valence-corrected chi connectivity index (χ3v) is 3.37. The molecule has 0 heterocycles. The van der Waals surface area contributed by atoms with Gasteiger partial charge >= 0.3 is 5.69 Å². The Labute approximate surface area is 113 Å². The molecule has 0 aromatic heterocycles. The number of nitro benzene ring substituents is 1. The molecule has 0 radical (unpaired) electrons. The van der Waals surface area contributed by atoms with Crippen molar-refractivity contribution in [1.29, 1.82) is 0 Å². The lowest BCUT2D eigenvalue weighted by Crippen LogP contribution is -2.06. The van der Waals surface area contributed by atoms with Gasteiger partial charge in [-0.2, -0.15) is 0 Å². The highest BCUT2D eigenvalue weighted by Crippen LogP contribution is 2.30. The molecule has 1 aliphatic rings. The molecule has 0 amide bonds. The SMILES string of the molecule is O=[N+]([O-])c1ccc(CBr)cc1OCOCC1CC1. The minimum Gasteiger partial charge on any atom is -0.460 e. The number of benzene rings is 1. The molecule has 1 fully saturated rings. The minimum atomic E-state index is -0.450. The first-order valence-corrected chi connectivity index (χ1v) is 6.86. The summed E-state index contributed by atoms with van der Waals surface area (Å²) in [5.74, 6) is 0.908. The van der Waals surface area contributed by atoms with Crippen molar-refractivity contribution in [3.8, 4) is 5.75 Å². The third-order valence-electron chi connectivity index (χ3n) is 2.72. The molecule has 98 valence electrons. The molecule has 0 atom stereocenters. The normalized spacial score (nSPS) is 14.5. The molecule has 1 saturated carbocycles. The van der Waals surface area contributed by atoms with E-state index < -0.39 is 4.92 Å². The zero-order valence-electron chi connectivity index (χ0n) is 9.80. The van der Waals surface area contributed by atoms with Crippen LogP contribution in [0.5, 0.6) is 5.75 Å². The van der Waals surface area contributed by atoms with Crippen LogP contribution in [-0.2, 0) is 10.1 Å². The van der Waals surface area contributed by atoms with Gasteiger partial charge in [0.2, 0.25) is 0 Å². The topological polar surface area (TPSA) is 61.6 Å². The van der Waals surface area contributed by atoms with Gasteiger partial charge in [-0.25, -0.2) is 0 Å². The van der Waals surface area contributed by atoms with Gasteiger partial charge in [-0.1, -0.05) is 22.0 Å². The van der Waals surface area contributed by atoms with Crippen LogP contribution in [0.15, 0.2) is 18.2 Å². The summed E-state index contributed by atoms with van der Waals surface area (Å²) in [7, 11) is 0. The molecule has 0 spiro atoms. The van der Waals surface area contributed by atoms with Gasteiger partial charge in [0.05, 0.1) is 11.5 Å². The predicted molar refractivity (Wildman–Crippen MR) is 69.9 cm³/mol. The van der Waals surface area contributed by atoms with E-state index in [9.17, 15) is 10.1 Å². The number of ether oxygens (including phenoxy) is 2. The summed E-state index contributed by atoms with van der Waals surface area (Å²) < 4.78 is 10.6. The van der Waals surface area contributed by atoms with E-state index in [1.54, 1.807) is 12.1 Å². The molecule has 0 saturated heterocycles. The van der Waals surface area contributed by atoms with Gasteiger partial charge in [0.1, 0.15) is 0 Å². The van der Waals surface area contributed by atoms with E-state index in [-0.39, 0.29) is 18.2 Å². The molecular weight excluding hydrogens is 302 g/mol. The summed E-state index contributed by atoms with van der Waals surface area (Å²) in [6.45, 7) is 0.731. The summed E-state index contributed by atoms with van der Waals surface area (Å²) in [4.78, 5) is 10.4. The van der Waals surface area contributed by atoms with Gasteiger partial charge in [-0.3, -0.25) is 10.1 Å². The predicted octanol–water partition coefficient (Wildman–Crippen LogP) is 3.25. The highest BCUT2D eigenvalue weighted by molar-refractivity contribution is 9.08. The van der Waals surface area contributed by atoms with Crippen LogP contribution in [-0.4, -0.2) is 18.3 Å². The second-order valence-electron chi connectivity index (χ2n) is 4.27. The lowest BCUT2D eigenvalue weighted by Gasteiger charge is -2.08. The van der Waals surface area contributed by atoms with E-state index in [1.165, 1.54) is 18.9 Å². The van der Waals surface area contributed by atoms with Crippen LogP contribution in [0, 0.1) is 16.0 Å². The second-order valence-corrected chi connectivity index (χ2v) is 4.83. The largest absolute Gasteiger partial charge is 0.460 e. The lowest BCUT2D eigenvalue weighted by atomic mass is 10.2. The van der Waals surface area contributed by atoms with Gasteiger partial charge in [-0.15, -0.1) is 0 Å². The zero-order chi connectivity index (χ0) is 13.0. The molecule has 18 heavy (non-hydrogen) atoms. The van der Waals surface area contributed by atoms with E-state index in [0.717, 1.165) is 5.56 Å². The van der Waals surface area contributed by atoms with Gasteiger partial charge < -0.3 is 9.47 Å². The number of nitro groups is 1. The number of nitrogens with zero attached hydrogens (tertiary/aromatic N) is 1. The van der Waals surface area contributed by atoms with Gasteiger partial charge in [-0.05, 0) is 30.4 Å². The molecule has 2 rings (SSSR count). The zero-order valence-corrected chi connectivity index (χ0v) is 11.4. The standard InChI is InChI=1S/C12H14BrNO4/c13-6-10-3-4-11(14(15)16)12(5-10)18-8-17-7-9-1-2-9/h3-5,9H,1-2,6-8H2. The van der Waals surface area contributed by atoms with Crippen molar-refractivity contribution in [2.24, 2.45) is 5.92 Å². The van der Waals surface area contributed by atoms with Crippen LogP contribution in [0.4, 0.5) is 5.69 Å². The molecule has 0 aliphatic heterocycles. The second kappa shape index (κ2) is 6.15. The molecule has 0 N–H and O–H groups in total. The highest BCUT2D eigenvalue weighted by atomic mass is 79.9. The number of rotatable bonds is 7. The van der Waals surface area contributed by atoms with Crippen molar-refractivity contribution in [3.63, 3.8) is 0 Å². The van der Waals surface area contributed by atoms with Crippen molar-refractivity contribution >= 4 is 21.6 Å². The van der Waals surface area contributed by atoms with Crippen LogP contribution in [0.1, 0.15) is 18.4 Å². The molecular formula is C12H14BrNO4. The van der Waals surface area contributed by atoms with E-state index in [2.05, 4.69) is 15.9 Å². The van der Waals surface area contributed by atoms with Crippen molar-refractivity contribution < 1.29 is 14.4 Å². The maximum atomic E-state index is 10.8. The average Bonchev–Trinajstić information content (AvgIpc) is 3.18. The average molecular weight is 316 g/mol. The maximum absolute atomic E-state index is 10.8. The number of halogens is 1. The molecule has 0 unspecified atom stereocenters. The van der Waals surface area contributed by atoms with Crippen molar-refractivity contribution in [2.75, 3.05) is 13.4 Å². The monoisotopic (exact) mass is 315 g/mol. The van der Waals surface area contributed by atoms with Crippen LogP contribution in [0.2, 0.25) is 0 Å². The fourth-order valence-corrected chi connectivity index (χ4v) is 1.86. The van der Waals surface area contributed by atoms with E-state index in [0.29, 0.717) is 17.9 Å². The number of hydrogen-bond acceptors (Lipinski definition) is 4. The Morgan fingerprint density at radius 2 is 2.22 bits per heavy atom. The van der Waals surface area contributed by atoms with Gasteiger partial charge in [0.25, 0.3) is 0 Å². The van der Waals surface area contributed by atoms with Gasteiger partial charge in [0.15, 0.2) is 12.5 Å². The molecule has 1 aliphatic carbocycles. The Morgan fingerprint density at radius 3 is 2.83 bits per heavy atom.